The van der Waals surface area contributed by atoms with Crippen LogP contribution >= 0.6 is 0 Å². The standard InChI is InChI=1S/C13H15FN4O2/c14-10-2-1-3-11(8-10)18-13(15-12(9-19)16-18)17-4-6-20-7-5-17/h1-3,8,19H,4-7,9H2. The van der Waals surface area contributed by atoms with Crippen molar-refractivity contribution in [2.75, 3.05) is 31.2 Å². The van der Waals surface area contributed by atoms with Crippen LogP contribution in [-0.2, 0) is 11.3 Å². The summed E-state index contributed by atoms with van der Waals surface area (Å²) in [5.74, 6) is 0.579. The van der Waals surface area contributed by atoms with E-state index in [-0.39, 0.29) is 12.4 Å². The van der Waals surface area contributed by atoms with Gasteiger partial charge < -0.3 is 14.7 Å². The minimum Gasteiger partial charge on any atom is -0.388 e. The number of anilines is 1. The van der Waals surface area contributed by atoms with E-state index in [2.05, 4.69) is 10.1 Å². The minimum atomic E-state index is -0.337. The van der Waals surface area contributed by atoms with E-state index < -0.39 is 0 Å². The van der Waals surface area contributed by atoms with Gasteiger partial charge in [0.2, 0.25) is 5.95 Å². The first kappa shape index (κ1) is 13.0. The number of rotatable bonds is 3. The van der Waals surface area contributed by atoms with Gasteiger partial charge in [-0.2, -0.15) is 9.67 Å². The summed E-state index contributed by atoms with van der Waals surface area (Å²) in [5, 5.41) is 13.4. The van der Waals surface area contributed by atoms with Gasteiger partial charge in [0.1, 0.15) is 12.4 Å². The van der Waals surface area contributed by atoms with Crippen LogP contribution < -0.4 is 4.90 Å². The number of hydrogen-bond donors (Lipinski definition) is 1. The molecule has 1 fully saturated rings. The normalized spacial score (nSPS) is 15.6. The molecule has 2 aromatic rings. The molecule has 1 aliphatic rings. The average molecular weight is 278 g/mol. The summed E-state index contributed by atoms with van der Waals surface area (Å²) < 4.78 is 20.2. The molecule has 7 heteroatoms. The zero-order chi connectivity index (χ0) is 13.9. The zero-order valence-corrected chi connectivity index (χ0v) is 10.9. The molecule has 0 unspecified atom stereocenters. The molecule has 0 spiro atoms. The summed E-state index contributed by atoms with van der Waals surface area (Å²) in [7, 11) is 0. The van der Waals surface area contributed by atoms with Crippen LogP contribution in [0.3, 0.4) is 0 Å². The van der Waals surface area contributed by atoms with Crippen molar-refractivity contribution < 1.29 is 14.2 Å². The molecule has 0 atom stereocenters. The maximum Gasteiger partial charge on any atom is 0.229 e. The van der Waals surface area contributed by atoms with Crippen LogP contribution in [0.1, 0.15) is 5.82 Å². The van der Waals surface area contributed by atoms with E-state index in [0.29, 0.717) is 43.8 Å². The van der Waals surface area contributed by atoms with Crippen molar-refractivity contribution in [1.29, 1.82) is 0 Å². The van der Waals surface area contributed by atoms with Crippen LogP contribution in [0.5, 0.6) is 0 Å². The van der Waals surface area contributed by atoms with Crippen molar-refractivity contribution in [3.05, 3.63) is 35.9 Å². The Labute approximate surface area is 115 Å². The van der Waals surface area contributed by atoms with E-state index in [1.165, 1.54) is 12.1 Å². The Hall–Kier alpha value is -1.99. The minimum absolute atomic E-state index is 0.250. The summed E-state index contributed by atoms with van der Waals surface area (Å²) >= 11 is 0. The third-order valence-electron chi connectivity index (χ3n) is 3.12. The van der Waals surface area contributed by atoms with E-state index in [0.717, 1.165) is 0 Å². The predicted molar refractivity (Wildman–Crippen MR) is 70.3 cm³/mol. The van der Waals surface area contributed by atoms with Crippen molar-refractivity contribution in [2.45, 2.75) is 6.61 Å². The smallest absolute Gasteiger partial charge is 0.229 e. The molecule has 3 rings (SSSR count). The first-order valence-electron chi connectivity index (χ1n) is 6.43. The van der Waals surface area contributed by atoms with E-state index in [9.17, 15) is 9.50 Å². The lowest BCUT2D eigenvalue weighted by Gasteiger charge is -2.27. The Bertz CT molecular complexity index is 596. The van der Waals surface area contributed by atoms with Crippen LogP contribution in [-0.4, -0.2) is 46.2 Å². The third-order valence-corrected chi connectivity index (χ3v) is 3.12. The van der Waals surface area contributed by atoms with Gasteiger partial charge in [0.25, 0.3) is 0 Å². The van der Waals surface area contributed by atoms with Crippen LogP contribution in [0.2, 0.25) is 0 Å². The SMILES string of the molecule is OCc1nc(N2CCOCC2)n(-c2cccc(F)c2)n1. The highest BCUT2D eigenvalue weighted by molar-refractivity contribution is 5.42. The summed E-state index contributed by atoms with van der Waals surface area (Å²) in [4.78, 5) is 6.32. The fourth-order valence-electron chi connectivity index (χ4n) is 2.16. The lowest BCUT2D eigenvalue weighted by molar-refractivity contribution is 0.122. The van der Waals surface area contributed by atoms with Gasteiger partial charge in [-0.25, -0.2) is 4.39 Å². The number of benzene rings is 1. The Morgan fingerprint density at radius 3 is 2.80 bits per heavy atom. The molecule has 0 aliphatic carbocycles. The molecule has 1 aromatic heterocycles. The maximum atomic E-state index is 13.4. The number of aliphatic hydroxyl groups is 1. The molecule has 1 aromatic carbocycles. The second-order valence-corrected chi connectivity index (χ2v) is 4.48. The Balaban J connectivity index is 2.02. The molecular weight excluding hydrogens is 263 g/mol. The van der Waals surface area contributed by atoms with Crippen molar-refractivity contribution in [2.24, 2.45) is 0 Å². The molecular formula is C13H15FN4O2. The van der Waals surface area contributed by atoms with Gasteiger partial charge in [0.15, 0.2) is 5.82 Å². The molecule has 0 radical (unpaired) electrons. The third kappa shape index (κ3) is 2.50. The van der Waals surface area contributed by atoms with E-state index in [1.54, 1.807) is 16.8 Å². The average Bonchev–Trinajstić information content (AvgIpc) is 2.92. The highest BCUT2D eigenvalue weighted by atomic mass is 19.1. The zero-order valence-electron chi connectivity index (χ0n) is 10.9. The summed E-state index contributed by atoms with van der Waals surface area (Å²) in [6, 6.07) is 6.14. The van der Waals surface area contributed by atoms with Gasteiger partial charge >= 0.3 is 0 Å². The van der Waals surface area contributed by atoms with Gasteiger partial charge in [0, 0.05) is 13.1 Å². The number of aliphatic hydroxyl groups excluding tert-OH is 1. The summed E-state index contributed by atoms with van der Waals surface area (Å²) in [5.41, 5.74) is 0.582. The predicted octanol–water partition coefficient (Wildman–Crippen LogP) is 0.735. The number of halogens is 1. The molecule has 1 N–H and O–H groups in total. The van der Waals surface area contributed by atoms with Crippen molar-refractivity contribution in [3.63, 3.8) is 0 Å². The first-order valence-corrected chi connectivity index (χ1v) is 6.43. The van der Waals surface area contributed by atoms with Crippen LogP contribution in [0, 0.1) is 5.82 Å². The van der Waals surface area contributed by atoms with Crippen molar-refractivity contribution in [1.82, 2.24) is 14.8 Å². The van der Waals surface area contributed by atoms with Gasteiger partial charge in [-0.05, 0) is 18.2 Å². The number of nitrogens with zero attached hydrogens (tertiary/aromatic N) is 4. The van der Waals surface area contributed by atoms with Gasteiger partial charge in [-0.15, -0.1) is 5.10 Å². The number of hydrogen-bond acceptors (Lipinski definition) is 5. The lowest BCUT2D eigenvalue weighted by atomic mass is 10.3. The second-order valence-electron chi connectivity index (χ2n) is 4.48. The van der Waals surface area contributed by atoms with E-state index in [1.807, 2.05) is 4.90 Å². The van der Waals surface area contributed by atoms with Crippen molar-refractivity contribution in [3.8, 4) is 5.69 Å². The monoisotopic (exact) mass is 278 g/mol. The van der Waals surface area contributed by atoms with Crippen LogP contribution in [0.25, 0.3) is 5.69 Å². The van der Waals surface area contributed by atoms with Crippen LogP contribution in [0.15, 0.2) is 24.3 Å². The quantitative estimate of drug-likeness (QED) is 0.897. The van der Waals surface area contributed by atoms with Crippen molar-refractivity contribution >= 4 is 5.95 Å². The highest BCUT2D eigenvalue weighted by Gasteiger charge is 2.20. The summed E-state index contributed by atoms with van der Waals surface area (Å²) in [6.07, 6.45) is 0. The number of ether oxygens (including phenoxy) is 1. The van der Waals surface area contributed by atoms with Gasteiger partial charge in [-0.3, -0.25) is 0 Å². The second kappa shape index (κ2) is 5.56. The van der Waals surface area contributed by atoms with Gasteiger partial charge in [-0.1, -0.05) is 6.07 Å². The molecule has 106 valence electrons. The molecule has 0 amide bonds. The lowest BCUT2D eigenvalue weighted by Crippen LogP contribution is -2.38. The number of morpholine rings is 1. The van der Waals surface area contributed by atoms with Crippen LogP contribution in [0.4, 0.5) is 10.3 Å². The molecule has 0 bridgehead atoms. The maximum absolute atomic E-state index is 13.4. The topological polar surface area (TPSA) is 63.4 Å². The molecule has 0 saturated carbocycles. The van der Waals surface area contributed by atoms with E-state index >= 15 is 0 Å². The Morgan fingerprint density at radius 2 is 2.10 bits per heavy atom. The molecule has 2 heterocycles. The Morgan fingerprint density at radius 1 is 1.30 bits per heavy atom. The first-order chi connectivity index (χ1) is 9.78. The Kier molecular flexibility index (Phi) is 3.62. The van der Waals surface area contributed by atoms with E-state index in [4.69, 9.17) is 4.74 Å². The number of aromatic nitrogens is 3. The fraction of sp³-hybridized carbons (Fsp3) is 0.385. The molecule has 1 aliphatic heterocycles. The molecule has 6 nitrogen and oxygen atoms in total. The summed E-state index contributed by atoms with van der Waals surface area (Å²) in [6.45, 7) is 2.37. The highest BCUT2D eigenvalue weighted by Crippen LogP contribution is 2.19. The fourth-order valence-corrected chi connectivity index (χ4v) is 2.16. The molecule has 20 heavy (non-hydrogen) atoms. The largest absolute Gasteiger partial charge is 0.388 e. The molecule has 1 saturated heterocycles. The van der Waals surface area contributed by atoms with Gasteiger partial charge in [0.05, 0.1) is 18.9 Å².